The summed E-state index contributed by atoms with van der Waals surface area (Å²) >= 11 is 5.82. The number of rotatable bonds is 1. The molecular weight excluding hydrogens is 261 g/mol. The standard InChI is InChI=1S/C8H8ClNO3S.ClH/c9-10-4-3-6-1-2-7(5-8(6)10)14(11,12)13;/h1-2,5H,3-4H2,(H,11,12,13);1H. The van der Waals surface area contributed by atoms with Gasteiger partial charge in [0.25, 0.3) is 10.1 Å². The Morgan fingerprint density at radius 1 is 1.40 bits per heavy atom. The van der Waals surface area contributed by atoms with Crippen LogP contribution in [0.1, 0.15) is 5.56 Å². The van der Waals surface area contributed by atoms with E-state index in [9.17, 15) is 8.42 Å². The summed E-state index contributed by atoms with van der Waals surface area (Å²) in [5.41, 5.74) is 1.65. The summed E-state index contributed by atoms with van der Waals surface area (Å²) in [6.45, 7) is 0.659. The predicted molar refractivity (Wildman–Crippen MR) is 60.4 cm³/mol. The van der Waals surface area contributed by atoms with Gasteiger partial charge in [0.1, 0.15) is 0 Å². The highest BCUT2D eigenvalue weighted by molar-refractivity contribution is 7.85. The third-order valence-electron chi connectivity index (χ3n) is 2.19. The molecule has 1 aliphatic rings. The minimum Gasteiger partial charge on any atom is -0.285 e. The van der Waals surface area contributed by atoms with Crippen molar-refractivity contribution in [3.8, 4) is 0 Å². The Morgan fingerprint density at radius 3 is 2.67 bits per heavy atom. The Kier molecular flexibility index (Phi) is 3.50. The van der Waals surface area contributed by atoms with Gasteiger partial charge >= 0.3 is 0 Å². The first-order valence-electron chi connectivity index (χ1n) is 4.02. The Labute approximate surface area is 99.1 Å². The van der Waals surface area contributed by atoms with Gasteiger partial charge in [-0.15, -0.1) is 12.4 Å². The summed E-state index contributed by atoms with van der Waals surface area (Å²) in [5, 5.41) is 0. The van der Waals surface area contributed by atoms with Gasteiger partial charge in [0.15, 0.2) is 0 Å². The molecule has 0 radical (unpaired) electrons. The van der Waals surface area contributed by atoms with Gasteiger partial charge in [-0.05, 0) is 24.1 Å². The molecule has 0 fully saturated rings. The molecule has 0 saturated heterocycles. The number of hydrogen-bond donors (Lipinski definition) is 1. The van der Waals surface area contributed by atoms with Crippen LogP contribution in [0.5, 0.6) is 0 Å². The van der Waals surface area contributed by atoms with Crippen LogP contribution in [0.15, 0.2) is 23.1 Å². The van der Waals surface area contributed by atoms with E-state index in [-0.39, 0.29) is 17.3 Å². The quantitative estimate of drug-likeness (QED) is 0.625. The second-order valence-electron chi connectivity index (χ2n) is 3.10. The van der Waals surface area contributed by atoms with Crippen molar-refractivity contribution in [2.75, 3.05) is 11.0 Å². The first-order valence-corrected chi connectivity index (χ1v) is 5.80. The van der Waals surface area contributed by atoms with Crippen LogP contribution in [0, 0.1) is 0 Å². The van der Waals surface area contributed by atoms with Crippen molar-refractivity contribution >= 4 is 40.0 Å². The lowest BCUT2D eigenvalue weighted by Gasteiger charge is -2.08. The summed E-state index contributed by atoms with van der Waals surface area (Å²) in [6.07, 6.45) is 0.796. The lowest BCUT2D eigenvalue weighted by Crippen LogP contribution is -2.05. The Hall–Kier alpha value is -0.490. The fraction of sp³-hybridized carbons (Fsp3) is 0.250. The maximum Gasteiger partial charge on any atom is 0.294 e. The van der Waals surface area contributed by atoms with Crippen molar-refractivity contribution in [1.82, 2.24) is 0 Å². The van der Waals surface area contributed by atoms with Crippen LogP contribution < -0.4 is 4.42 Å². The normalized spacial score (nSPS) is 14.7. The molecule has 0 bridgehead atoms. The monoisotopic (exact) mass is 269 g/mol. The van der Waals surface area contributed by atoms with Gasteiger partial charge in [-0.25, -0.2) is 0 Å². The van der Waals surface area contributed by atoms with Crippen molar-refractivity contribution in [2.24, 2.45) is 0 Å². The van der Waals surface area contributed by atoms with E-state index >= 15 is 0 Å². The van der Waals surface area contributed by atoms with Gasteiger partial charge in [-0.1, -0.05) is 6.07 Å². The van der Waals surface area contributed by atoms with Crippen molar-refractivity contribution in [2.45, 2.75) is 11.3 Å². The van der Waals surface area contributed by atoms with Gasteiger partial charge < -0.3 is 0 Å². The van der Waals surface area contributed by atoms with Gasteiger partial charge in [-0.3, -0.25) is 8.97 Å². The average Bonchev–Trinajstić information content (AvgIpc) is 2.46. The number of fused-ring (bicyclic) bond motifs is 1. The van der Waals surface area contributed by atoms with E-state index in [1.165, 1.54) is 16.6 Å². The second kappa shape index (κ2) is 4.17. The van der Waals surface area contributed by atoms with E-state index in [0.717, 1.165) is 12.0 Å². The zero-order valence-corrected chi connectivity index (χ0v) is 9.94. The molecule has 0 atom stereocenters. The molecule has 0 spiro atoms. The fourth-order valence-corrected chi connectivity index (χ4v) is 2.22. The summed E-state index contributed by atoms with van der Waals surface area (Å²) in [5.74, 6) is 0. The summed E-state index contributed by atoms with van der Waals surface area (Å²) in [7, 11) is -4.13. The molecule has 0 aliphatic carbocycles. The number of benzene rings is 1. The van der Waals surface area contributed by atoms with Crippen molar-refractivity contribution in [3.05, 3.63) is 23.8 Å². The zero-order chi connectivity index (χ0) is 10.3. The maximum absolute atomic E-state index is 10.8. The topological polar surface area (TPSA) is 57.6 Å². The lowest BCUT2D eigenvalue weighted by atomic mass is 10.2. The van der Waals surface area contributed by atoms with Crippen LogP contribution in [-0.4, -0.2) is 19.5 Å². The molecule has 4 nitrogen and oxygen atoms in total. The Bertz CT molecular complexity index is 475. The van der Waals surface area contributed by atoms with Crippen molar-refractivity contribution in [3.63, 3.8) is 0 Å². The van der Waals surface area contributed by atoms with E-state index in [1.54, 1.807) is 6.07 Å². The summed E-state index contributed by atoms with van der Waals surface area (Å²) < 4.78 is 31.9. The maximum atomic E-state index is 10.8. The first kappa shape index (κ1) is 12.6. The molecule has 1 aliphatic heterocycles. The minimum atomic E-state index is -4.13. The largest absolute Gasteiger partial charge is 0.294 e. The number of anilines is 1. The molecule has 1 aromatic carbocycles. The third kappa shape index (κ3) is 2.36. The van der Waals surface area contributed by atoms with Crippen LogP contribution >= 0.6 is 24.2 Å². The summed E-state index contributed by atoms with van der Waals surface area (Å²) in [6, 6.07) is 4.43. The average molecular weight is 270 g/mol. The zero-order valence-electron chi connectivity index (χ0n) is 7.55. The third-order valence-corrected chi connectivity index (χ3v) is 3.39. The van der Waals surface area contributed by atoms with E-state index in [0.29, 0.717) is 12.2 Å². The van der Waals surface area contributed by atoms with E-state index < -0.39 is 10.1 Å². The molecule has 0 amide bonds. The van der Waals surface area contributed by atoms with E-state index in [1.807, 2.05) is 0 Å². The van der Waals surface area contributed by atoms with Gasteiger partial charge in [0, 0.05) is 18.3 Å². The molecule has 0 unspecified atom stereocenters. The molecule has 1 aromatic rings. The van der Waals surface area contributed by atoms with E-state index in [2.05, 4.69) is 0 Å². The molecule has 2 rings (SSSR count). The highest BCUT2D eigenvalue weighted by atomic mass is 35.5. The lowest BCUT2D eigenvalue weighted by molar-refractivity contribution is 0.483. The van der Waals surface area contributed by atoms with Crippen LogP contribution in [0.25, 0.3) is 0 Å². The molecule has 1 heterocycles. The molecular formula is C8H9Cl2NO3S. The van der Waals surface area contributed by atoms with Gasteiger partial charge in [0.05, 0.1) is 10.6 Å². The number of nitrogens with zero attached hydrogens (tertiary/aromatic N) is 1. The summed E-state index contributed by atoms with van der Waals surface area (Å²) in [4.78, 5) is -0.121. The van der Waals surface area contributed by atoms with Gasteiger partial charge in [0.2, 0.25) is 0 Å². The Balaban J connectivity index is 0.00000112. The van der Waals surface area contributed by atoms with Crippen LogP contribution in [0.4, 0.5) is 5.69 Å². The number of hydrogen-bond acceptors (Lipinski definition) is 3. The fourth-order valence-electron chi connectivity index (χ4n) is 1.48. The molecule has 7 heteroatoms. The first-order chi connectivity index (χ1) is 6.48. The highest BCUT2D eigenvalue weighted by Gasteiger charge is 2.20. The van der Waals surface area contributed by atoms with Crippen molar-refractivity contribution < 1.29 is 13.0 Å². The van der Waals surface area contributed by atoms with Crippen LogP contribution in [0.2, 0.25) is 0 Å². The van der Waals surface area contributed by atoms with Crippen molar-refractivity contribution in [1.29, 1.82) is 0 Å². The molecule has 1 N–H and O–H groups in total. The predicted octanol–water partition coefficient (Wildman–Crippen LogP) is 1.87. The molecule has 0 saturated carbocycles. The SMILES string of the molecule is Cl.O=S(=O)(O)c1ccc2c(c1)N(Cl)CC2. The smallest absolute Gasteiger partial charge is 0.285 e. The van der Waals surface area contributed by atoms with Crippen LogP contribution in [-0.2, 0) is 16.5 Å². The second-order valence-corrected chi connectivity index (χ2v) is 4.93. The molecule has 0 aromatic heterocycles. The minimum absolute atomic E-state index is 0. The van der Waals surface area contributed by atoms with E-state index in [4.69, 9.17) is 16.3 Å². The number of halogens is 2. The van der Waals surface area contributed by atoms with Gasteiger partial charge in [-0.2, -0.15) is 8.42 Å². The van der Waals surface area contributed by atoms with Crippen LogP contribution in [0.3, 0.4) is 0 Å². The Morgan fingerprint density at radius 2 is 2.07 bits per heavy atom. The molecule has 15 heavy (non-hydrogen) atoms. The highest BCUT2D eigenvalue weighted by Crippen LogP contribution is 2.31. The molecule has 84 valence electrons.